The Balaban J connectivity index is 1.48. The Morgan fingerprint density at radius 2 is 1.69 bits per heavy atom. The van der Waals surface area contributed by atoms with E-state index in [4.69, 9.17) is 4.74 Å². The van der Waals surface area contributed by atoms with Crippen LogP contribution in [0.4, 0.5) is 0 Å². The molecule has 35 heavy (non-hydrogen) atoms. The van der Waals surface area contributed by atoms with Crippen LogP contribution in [0, 0.1) is 13.8 Å². The first kappa shape index (κ1) is 24.2. The van der Waals surface area contributed by atoms with Crippen molar-refractivity contribution in [3.8, 4) is 17.1 Å². The number of rotatable bonds is 8. The monoisotopic (exact) mass is 486 g/mol. The number of methoxy groups -OCH3 is 1. The van der Waals surface area contributed by atoms with Gasteiger partial charge in [0, 0.05) is 12.1 Å². The molecule has 178 valence electrons. The molecule has 1 N–H and O–H groups in total. The molecule has 0 saturated heterocycles. The number of hydrogen-bond donors (Lipinski definition) is 1. The Morgan fingerprint density at radius 1 is 0.943 bits per heavy atom. The average Bonchev–Trinajstić information content (AvgIpc) is 3.32. The lowest BCUT2D eigenvalue weighted by Gasteiger charge is -2.12. The Hall–Kier alpha value is -3.91. The van der Waals surface area contributed by atoms with Gasteiger partial charge in [0.2, 0.25) is 5.91 Å². The summed E-state index contributed by atoms with van der Waals surface area (Å²) >= 11 is 1.34. The molecule has 0 aliphatic rings. The molecule has 0 atom stereocenters. The number of hydrogen-bond acceptors (Lipinski definition) is 6. The maximum atomic E-state index is 12.6. The van der Waals surface area contributed by atoms with Crippen LogP contribution in [0.1, 0.15) is 27.0 Å². The summed E-state index contributed by atoms with van der Waals surface area (Å²) < 4.78 is 6.70. The molecule has 4 rings (SSSR count). The van der Waals surface area contributed by atoms with Crippen LogP contribution >= 0.6 is 11.8 Å². The van der Waals surface area contributed by atoms with Crippen LogP contribution in [0.15, 0.2) is 78.0 Å². The molecule has 1 heterocycles. The number of nitrogens with one attached hydrogen (secondary N) is 1. The highest BCUT2D eigenvalue weighted by Gasteiger charge is 2.17. The molecule has 0 unspecified atom stereocenters. The van der Waals surface area contributed by atoms with Crippen molar-refractivity contribution in [1.29, 1.82) is 0 Å². The van der Waals surface area contributed by atoms with E-state index in [9.17, 15) is 9.59 Å². The quantitative estimate of drug-likeness (QED) is 0.286. The Morgan fingerprint density at radius 3 is 2.37 bits per heavy atom. The van der Waals surface area contributed by atoms with Gasteiger partial charge in [0.1, 0.15) is 0 Å². The number of carbonyl (C=O) groups is 2. The Labute approximate surface area is 208 Å². The standard InChI is InChI=1S/C27H26N4O3S/c1-18-9-14-23(15-19(18)2)31-25(21-7-5-4-6-8-21)29-30-27(31)35-17-24(32)28-16-20-10-12-22(13-11-20)26(33)34-3/h4-15H,16-17H2,1-3H3,(H,28,32). The van der Waals surface area contributed by atoms with E-state index >= 15 is 0 Å². The lowest BCUT2D eigenvalue weighted by molar-refractivity contribution is -0.118. The molecule has 4 aromatic rings. The van der Waals surface area contributed by atoms with Crippen molar-refractivity contribution in [3.05, 3.63) is 95.1 Å². The van der Waals surface area contributed by atoms with Crippen molar-refractivity contribution in [2.75, 3.05) is 12.9 Å². The summed E-state index contributed by atoms with van der Waals surface area (Å²) in [6.45, 7) is 4.51. The first-order valence-electron chi connectivity index (χ1n) is 11.1. The Kier molecular flexibility index (Phi) is 7.62. The van der Waals surface area contributed by atoms with E-state index in [-0.39, 0.29) is 17.6 Å². The molecule has 1 amide bonds. The minimum absolute atomic E-state index is 0.122. The fourth-order valence-electron chi connectivity index (χ4n) is 3.49. The van der Waals surface area contributed by atoms with Crippen LogP contribution in [0.2, 0.25) is 0 Å². The van der Waals surface area contributed by atoms with Gasteiger partial charge in [-0.3, -0.25) is 9.36 Å². The zero-order valence-corrected chi connectivity index (χ0v) is 20.6. The van der Waals surface area contributed by atoms with Crippen molar-refractivity contribution >= 4 is 23.6 Å². The highest BCUT2D eigenvalue weighted by molar-refractivity contribution is 7.99. The second-order valence-electron chi connectivity index (χ2n) is 8.03. The van der Waals surface area contributed by atoms with E-state index in [1.54, 1.807) is 24.3 Å². The summed E-state index contributed by atoms with van der Waals surface area (Å²) in [6, 6.07) is 23.0. The second-order valence-corrected chi connectivity index (χ2v) is 8.97. The molecule has 3 aromatic carbocycles. The molecule has 0 aliphatic heterocycles. The number of benzene rings is 3. The van der Waals surface area contributed by atoms with Crippen LogP contribution in [-0.2, 0) is 16.1 Å². The summed E-state index contributed by atoms with van der Waals surface area (Å²) in [4.78, 5) is 24.1. The van der Waals surface area contributed by atoms with E-state index in [0.717, 1.165) is 22.6 Å². The van der Waals surface area contributed by atoms with Gasteiger partial charge in [-0.2, -0.15) is 0 Å². The molecule has 0 spiro atoms. The fourth-order valence-corrected chi connectivity index (χ4v) is 4.28. The van der Waals surface area contributed by atoms with Gasteiger partial charge < -0.3 is 10.1 Å². The highest BCUT2D eigenvalue weighted by Crippen LogP contribution is 2.28. The predicted octanol–water partition coefficient (Wildman–Crippen LogP) is 4.75. The number of nitrogens with zero attached hydrogens (tertiary/aromatic N) is 3. The van der Waals surface area contributed by atoms with Crippen molar-refractivity contribution in [1.82, 2.24) is 20.1 Å². The first-order chi connectivity index (χ1) is 17.0. The smallest absolute Gasteiger partial charge is 0.337 e. The third-order valence-corrected chi connectivity index (χ3v) is 6.54. The van der Waals surface area contributed by atoms with E-state index in [0.29, 0.717) is 17.3 Å². The molecule has 1 aromatic heterocycles. The number of ether oxygens (including phenoxy) is 1. The number of carbonyl (C=O) groups excluding carboxylic acids is 2. The van der Waals surface area contributed by atoms with Crippen LogP contribution < -0.4 is 5.32 Å². The Bertz CT molecular complexity index is 1330. The second kappa shape index (κ2) is 11.0. The topological polar surface area (TPSA) is 86.1 Å². The van der Waals surface area contributed by atoms with Gasteiger partial charge in [-0.25, -0.2) is 4.79 Å². The summed E-state index contributed by atoms with van der Waals surface area (Å²) in [6.07, 6.45) is 0. The van der Waals surface area contributed by atoms with Crippen molar-refractivity contribution in [3.63, 3.8) is 0 Å². The van der Waals surface area contributed by atoms with Crippen LogP contribution in [0.3, 0.4) is 0 Å². The lowest BCUT2D eigenvalue weighted by atomic mass is 10.1. The fraction of sp³-hybridized carbons (Fsp3) is 0.185. The summed E-state index contributed by atoms with van der Waals surface area (Å²) in [7, 11) is 1.34. The zero-order valence-electron chi connectivity index (χ0n) is 19.8. The van der Waals surface area contributed by atoms with E-state index in [1.165, 1.54) is 30.0 Å². The predicted molar refractivity (Wildman–Crippen MR) is 137 cm³/mol. The van der Waals surface area contributed by atoms with Gasteiger partial charge in [-0.1, -0.05) is 60.3 Å². The average molecular weight is 487 g/mol. The highest BCUT2D eigenvalue weighted by atomic mass is 32.2. The van der Waals surface area contributed by atoms with Crippen LogP contribution in [0.25, 0.3) is 17.1 Å². The molecule has 0 aliphatic carbocycles. The van der Waals surface area contributed by atoms with E-state index < -0.39 is 0 Å². The number of thioether (sulfide) groups is 1. The van der Waals surface area contributed by atoms with Crippen molar-refractivity contribution < 1.29 is 14.3 Å². The summed E-state index contributed by atoms with van der Waals surface area (Å²) in [5, 5.41) is 12.4. The number of esters is 1. The molecular formula is C27H26N4O3S. The molecule has 8 heteroatoms. The van der Waals surface area contributed by atoms with Gasteiger partial charge in [0.25, 0.3) is 0 Å². The molecule has 0 saturated carbocycles. The van der Waals surface area contributed by atoms with Gasteiger partial charge in [0.05, 0.1) is 24.1 Å². The van der Waals surface area contributed by atoms with Crippen LogP contribution in [-0.4, -0.2) is 39.5 Å². The summed E-state index contributed by atoms with van der Waals surface area (Å²) in [5.41, 5.74) is 5.63. The van der Waals surface area contributed by atoms with Crippen molar-refractivity contribution in [2.24, 2.45) is 0 Å². The minimum Gasteiger partial charge on any atom is -0.465 e. The van der Waals surface area contributed by atoms with E-state index in [1.807, 2.05) is 41.0 Å². The SMILES string of the molecule is COC(=O)c1ccc(CNC(=O)CSc2nnc(-c3ccccc3)n2-c2ccc(C)c(C)c2)cc1. The molecule has 0 fully saturated rings. The molecule has 0 radical (unpaired) electrons. The number of aryl methyl sites for hydroxylation is 2. The third kappa shape index (κ3) is 5.78. The third-order valence-electron chi connectivity index (χ3n) is 5.61. The number of aromatic nitrogens is 3. The summed E-state index contributed by atoms with van der Waals surface area (Å²) in [5.74, 6) is 0.406. The van der Waals surface area contributed by atoms with Gasteiger partial charge in [0.15, 0.2) is 11.0 Å². The number of amides is 1. The van der Waals surface area contributed by atoms with Gasteiger partial charge in [-0.15, -0.1) is 10.2 Å². The van der Waals surface area contributed by atoms with Gasteiger partial charge >= 0.3 is 5.97 Å². The van der Waals surface area contributed by atoms with Crippen LogP contribution in [0.5, 0.6) is 0 Å². The maximum Gasteiger partial charge on any atom is 0.337 e. The maximum absolute atomic E-state index is 12.6. The van der Waals surface area contributed by atoms with E-state index in [2.05, 4.69) is 41.5 Å². The largest absolute Gasteiger partial charge is 0.465 e. The zero-order chi connectivity index (χ0) is 24.8. The lowest BCUT2D eigenvalue weighted by Crippen LogP contribution is -2.24. The first-order valence-corrected chi connectivity index (χ1v) is 12.1. The normalized spacial score (nSPS) is 10.7. The van der Waals surface area contributed by atoms with Gasteiger partial charge in [-0.05, 0) is 54.8 Å². The molecule has 7 nitrogen and oxygen atoms in total. The van der Waals surface area contributed by atoms with Crippen molar-refractivity contribution in [2.45, 2.75) is 25.5 Å². The minimum atomic E-state index is -0.389. The molecule has 0 bridgehead atoms. The molecular weight excluding hydrogens is 460 g/mol.